The van der Waals surface area contributed by atoms with Crippen LogP contribution in [0.1, 0.15) is 12.8 Å². The van der Waals surface area contributed by atoms with E-state index in [-0.39, 0.29) is 16.8 Å². The van der Waals surface area contributed by atoms with Gasteiger partial charge < -0.3 is 10.6 Å². The summed E-state index contributed by atoms with van der Waals surface area (Å²) in [5.41, 5.74) is 0. The molecule has 1 saturated heterocycles. The third-order valence-corrected chi connectivity index (χ3v) is 4.92. The van der Waals surface area contributed by atoms with Gasteiger partial charge in [-0.2, -0.15) is 0 Å². The lowest BCUT2D eigenvalue weighted by atomic mass is 10.1. The van der Waals surface area contributed by atoms with Crippen LogP contribution in [0.3, 0.4) is 0 Å². The van der Waals surface area contributed by atoms with Crippen LogP contribution in [0.25, 0.3) is 0 Å². The average Bonchev–Trinajstić information content (AvgIpc) is 2.42. The molecule has 7 nitrogen and oxygen atoms in total. The molecule has 2 rings (SSSR count). The summed E-state index contributed by atoms with van der Waals surface area (Å²) >= 11 is 0. The van der Waals surface area contributed by atoms with Gasteiger partial charge in [-0.1, -0.05) is 0 Å². The number of nitrogens with zero attached hydrogens (tertiary/aromatic N) is 2. The van der Waals surface area contributed by atoms with E-state index < -0.39 is 10.0 Å². The Hall–Kier alpha value is -1.67. The van der Waals surface area contributed by atoms with Crippen molar-refractivity contribution in [3.8, 4) is 0 Å². The Morgan fingerprint density at radius 1 is 1.40 bits per heavy atom. The van der Waals surface area contributed by atoms with Crippen molar-refractivity contribution >= 4 is 21.7 Å². The Labute approximate surface area is 118 Å². The molecule has 1 amide bonds. The molecule has 110 valence electrons. The molecule has 0 aliphatic carbocycles. The zero-order valence-corrected chi connectivity index (χ0v) is 12.3. The average molecular weight is 298 g/mol. The molecule has 1 aromatic heterocycles. The van der Waals surface area contributed by atoms with Gasteiger partial charge in [0.05, 0.1) is 0 Å². The molecule has 0 saturated carbocycles. The monoisotopic (exact) mass is 298 g/mol. The molecule has 1 aromatic rings. The van der Waals surface area contributed by atoms with Crippen molar-refractivity contribution in [2.75, 3.05) is 26.0 Å². The Morgan fingerprint density at radius 3 is 2.70 bits per heavy atom. The van der Waals surface area contributed by atoms with E-state index in [1.165, 1.54) is 26.4 Å². The van der Waals surface area contributed by atoms with Crippen molar-refractivity contribution in [3.05, 3.63) is 18.3 Å². The van der Waals surface area contributed by atoms with Crippen molar-refractivity contribution in [1.82, 2.24) is 14.6 Å². The number of amides is 1. The maximum absolute atomic E-state index is 11.9. The number of sulfonamides is 1. The van der Waals surface area contributed by atoms with Crippen LogP contribution in [0.15, 0.2) is 23.2 Å². The van der Waals surface area contributed by atoms with E-state index in [0.717, 1.165) is 17.1 Å². The highest BCUT2D eigenvalue weighted by Gasteiger charge is 2.22. The highest BCUT2D eigenvalue weighted by molar-refractivity contribution is 7.89. The number of carbonyl (C=O) groups is 1. The summed E-state index contributed by atoms with van der Waals surface area (Å²) in [5.74, 6) is 0.438. The Kier molecular flexibility index (Phi) is 4.24. The van der Waals surface area contributed by atoms with Gasteiger partial charge in [0.1, 0.15) is 16.8 Å². The van der Waals surface area contributed by atoms with Crippen molar-refractivity contribution in [2.45, 2.75) is 23.8 Å². The van der Waals surface area contributed by atoms with Crippen molar-refractivity contribution in [2.24, 2.45) is 0 Å². The van der Waals surface area contributed by atoms with E-state index >= 15 is 0 Å². The second-order valence-electron chi connectivity index (χ2n) is 4.80. The molecule has 0 aromatic carbocycles. The van der Waals surface area contributed by atoms with Gasteiger partial charge in [0.25, 0.3) is 0 Å². The molecule has 2 heterocycles. The van der Waals surface area contributed by atoms with E-state index in [9.17, 15) is 13.2 Å². The fourth-order valence-corrected chi connectivity index (χ4v) is 2.76. The summed E-state index contributed by atoms with van der Waals surface area (Å²) in [6.07, 6.45) is 2.94. The zero-order chi connectivity index (χ0) is 14.8. The molecule has 1 aliphatic heterocycles. The highest BCUT2D eigenvalue weighted by Crippen LogP contribution is 2.15. The van der Waals surface area contributed by atoms with Gasteiger partial charge in [-0.05, 0) is 25.0 Å². The number of anilines is 1. The number of carbonyl (C=O) groups excluding carboxylic acids is 1. The van der Waals surface area contributed by atoms with Crippen LogP contribution >= 0.6 is 0 Å². The number of hydrogen-bond acceptors (Lipinski definition) is 5. The van der Waals surface area contributed by atoms with Crippen molar-refractivity contribution in [1.29, 1.82) is 0 Å². The summed E-state index contributed by atoms with van der Waals surface area (Å²) < 4.78 is 24.9. The number of piperidine rings is 1. The van der Waals surface area contributed by atoms with Gasteiger partial charge >= 0.3 is 0 Å². The molecule has 1 unspecified atom stereocenters. The first kappa shape index (κ1) is 14.7. The molecule has 1 atom stereocenters. The second-order valence-corrected chi connectivity index (χ2v) is 6.95. The minimum Gasteiger partial charge on any atom is -0.358 e. The summed E-state index contributed by atoms with van der Waals surface area (Å²) in [4.78, 5) is 15.8. The standard InChI is InChI=1S/C12H18N4O3S/c1-16(2)20(18,19)9-5-6-11(14-8-9)15-10-4-3-7-13-12(10)17/h5-6,8,10H,3-4,7H2,1-2H3,(H,13,17)(H,14,15). The van der Waals surface area contributed by atoms with Crippen LogP contribution in [0, 0.1) is 0 Å². The molecule has 2 N–H and O–H groups in total. The third kappa shape index (κ3) is 3.07. The Morgan fingerprint density at radius 2 is 2.15 bits per heavy atom. The summed E-state index contributed by atoms with van der Waals surface area (Å²) in [6, 6.07) is 2.73. The maximum Gasteiger partial charge on any atom is 0.244 e. The SMILES string of the molecule is CN(C)S(=O)(=O)c1ccc(NC2CCCNC2=O)nc1. The fraction of sp³-hybridized carbons (Fsp3) is 0.500. The minimum absolute atomic E-state index is 0.0527. The lowest BCUT2D eigenvalue weighted by Gasteiger charge is -2.23. The smallest absolute Gasteiger partial charge is 0.244 e. The highest BCUT2D eigenvalue weighted by atomic mass is 32.2. The van der Waals surface area contributed by atoms with Gasteiger partial charge in [-0.3, -0.25) is 4.79 Å². The summed E-state index contributed by atoms with van der Waals surface area (Å²) in [7, 11) is -0.541. The van der Waals surface area contributed by atoms with Crippen LogP contribution in [0.2, 0.25) is 0 Å². The summed E-state index contributed by atoms with van der Waals surface area (Å²) in [6.45, 7) is 0.699. The number of pyridine rings is 1. The largest absolute Gasteiger partial charge is 0.358 e. The molecule has 0 spiro atoms. The van der Waals surface area contributed by atoms with Gasteiger partial charge in [-0.25, -0.2) is 17.7 Å². The topological polar surface area (TPSA) is 91.4 Å². The predicted octanol–water partition coefficient (Wildman–Crippen LogP) is 0.0224. The molecule has 0 bridgehead atoms. The van der Waals surface area contributed by atoms with Crippen molar-refractivity contribution in [3.63, 3.8) is 0 Å². The van der Waals surface area contributed by atoms with E-state index in [0.29, 0.717) is 12.4 Å². The normalized spacial score (nSPS) is 19.8. The molecular weight excluding hydrogens is 280 g/mol. The quantitative estimate of drug-likeness (QED) is 0.818. The van der Waals surface area contributed by atoms with Crippen LogP contribution in [-0.2, 0) is 14.8 Å². The molecule has 20 heavy (non-hydrogen) atoms. The van der Waals surface area contributed by atoms with Gasteiger partial charge in [0, 0.05) is 26.8 Å². The lowest BCUT2D eigenvalue weighted by Crippen LogP contribution is -2.44. The molecule has 0 radical (unpaired) electrons. The minimum atomic E-state index is -3.47. The van der Waals surface area contributed by atoms with Crippen LogP contribution < -0.4 is 10.6 Å². The van der Waals surface area contributed by atoms with Gasteiger partial charge in [0.2, 0.25) is 15.9 Å². The zero-order valence-electron chi connectivity index (χ0n) is 11.5. The van der Waals surface area contributed by atoms with Crippen LogP contribution in [0.4, 0.5) is 5.82 Å². The molecule has 1 aliphatic rings. The van der Waals surface area contributed by atoms with Gasteiger partial charge in [-0.15, -0.1) is 0 Å². The molecular formula is C12H18N4O3S. The number of hydrogen-bond donors (Lipinski definition) is 2. The Bertz CT molecular complexity index is 583. The summed E-state index contributed by atoms with van der Waals surface area (Å²) in [5, 5.41) is 5.78. The van der Waals surface area contributed by atoms with E-state index in [1.807, 2.05) is 0 Å². The number of rotatable bonds is 4. The first-order valence-electron chi connectivity index (χ1n) is 6.34. The number of aromatic nitrogens is 1. The first-order chi connectivity index (χ1) is 9.41. The lowest BCUT2D eigenvalue weighted by molar-refractivity contribution is -0.123. The first-order valence-corrected chi connectivity index (χ1v) is 7.78. The predicted molar refractivity (Wildman–Crippen MR) is 74.8 cm³/mol. The fourth-order valence-electron chi connectivity index (χ4n) is 1.92. The van der Waals surface area contributed by atoms with Crippen LogP contribution in [-0.4, -0.2) is 50.3 Å². The Balaban J connectivity index is 2.11. The molecule has 8 heteroatoms. The second kappa shape index (κ2) is 5.76. The van der Waals surface area contributed by atoms with Crippen molar-refractivity contribution < 1.29 is 13.2 Å². The maximum atomic E-state index is 11.9. The van der Waals surface area contributed by atoms with E-state index in [4.69, 9.17) is 0 Å². The molecule has 1 fully saturated rings. The number of nitrogens with one attached hydrogen (secondary N) is 2. The van der Waals surface area contributed by atoms with E-state index in [1.54, 1.807) is 6.07 Å². The van der Waals surface area contributed by atoms with E-state index in [2.05, 4.69) is 15.6 Å². The van der Waals surface area contributed by atoms with Gasteiger partial charge in [0.15, 0.2) is 0 Å². The van der Waals surface area contributed by atoms with Crippen LogP contribution in [0.5, 0.6) is 0 Å². The third-order valence-electron chi connectivity index (χ3n) is 3.12.